The highest BCUT2D eigenvalue weighted by molar-refractivity contribution is 9.10. The molecule has 1 N–H and O–H groups in total. The largest absolute Gasteiger partial charge is 0.323 e. The lowest BCUT2D eigenvalue weighted by atomic mass is 10.2. The Kier molecular flexibility index (Phi) is 5.58. The molecule has 0 amide bonds. The molecule has 0 radical (unpaired) electrons. The van der Waals surface area contributed by atoms with E-state index in [1.807, 2.05) is 4.72 Å². The van der Waals surface area contributed by atoms with Gasteiger partial charge in [-0.15, -0.1) is 9.19 Å². The number of aromatic nitrogens is 3. The molecule has 0 saturated heterocycles. The van der Waals surface area contributed by atoms with Crippen LogP contribution in [-0.2, 0) is 26.8 Å². The van der Waals surface area contributed by atoms with Gasteiger partial charge in [0.15, 0.2) is 0 Å². The molecule has 2 rings (SSSR count). The standard InChI is InChI=1S/C11H12BrF2N5O4S2/c1-18(2)25(22,23)19-6-15-11(17-19)24(20,21)16-5-8-9(13)3-7(12)4-10(8)14/h3-4,6,16H,5H2,1-2H3. The van der Waals surface area contributed by atoms with Crippen LogP contribution in [0, 0.1) is 11.6 Å². The lowest BCUT2D eigenvalue weighted by Gasteiger charge is -2.09. The van der Waals surface area contributed by atoms with Gasteiger partial charge in [-0.3, -0.25) is 0 Å². The van der Waals surface area contributed by atoms with E-state index in [4.69, 9.17) is 0 Å². The number of nitrogens with one attached hydrogen (secondary N) is 1. The van der Waals surface area contributed by atoms with E-state index < -0.39 is 49.1 Å². The van der Waals surface area contributed by atoms with Crippen molar-refractivity contribution in [2.45, 2.75) is 11.7 Å². The van der Waals surface area contributed by atoms with Crippen molar-refractivity contribution in [2.75, 3.05) is 14.1 Å². The van der Waals surface area contributed by atoms with Crippen molar-refractivity contribution in [1.29, 1.82) is 0 Å². The molecule has 14 heteroatoms. The van der Waals surface area contributed by atoms with E-state index in [1.54, 1.807) is 0 Å². The predicted octanol–water partition coefficient (Wildman–Crippen LogP) is 0.452. The fourth-order valence-corrected chi connectivity index (χ4v) is 3.59. The summed E-state index contributed by atoms with van der Waals surface area (Å²) < 4.78 is 78.5. The number of benzene rings is 1. The Morgan fingerprint density at radius 1 is 1.20 bits per heavy atom. The van der Waals surface area contributed by atoms with Gasteiger partial charge in [-0.2, -0.15) is 12.7 Å². The summed E-state index contributed by atoms with van der Waals surface area (Å²) >= 11 is 2.91. The number of hydrogen-bond donors (Lipinski definition) is 1. The lowest BCUT2D eigenvalue weighted by Crippen LogP contribution is -2.30. The highest BCUT2D eigenvalue weighted by Gasteiger charge is 2.25. The zero-order chi connectivity index (χ0) is 19.0. The molecule has 0 unspecified atom stereocenters. The molecule has 138 valence electrons. The van der Waals surface area contributed by atoms with Crippen LogP contribution in [-0.4, -0.2) is 49.4 Å². The normalized spacial score (nSPS) is 12.7. The average Bonchev–Trinajstić information content (AvgIpc) is 2.97. The van der Waals surface area contributed by atoms with Crippen LogP contribution in [0.15, 0.2) is 28.1 Å². The van der Waals surface area contributed by atoms with Gasteiger partial charge in [0.2, 0.25) is 0 Å². The van der Waals surface area contributed by atoms with Crippen molar-refractivity contribution >= 4 is 36.2 Å². The summed E-state index contributed by atoms with van der Waals surface area (Å²) in [5, 5.41) is 2.53. The van der Waals surface area contributed by atoms with Gasteiger partial charge in [0.1, 0.15) is 18.0 Å². The van der Waals surface area contributed by atoms with Crippen LogP contribution in [0.3, 0.4) is 0 Å². The van der Waals surface area contributed by atoms with Gasteiger partial charge in [0, 0.05) is 30.7 Å². The molecule has 0 fully saturated rings. The maximum absolute atomic E-state index is 13.7. The zero-order valence-corrected chi connectivity index (χ0v) is 16.0. The van der Waals surface area contributed by atoms with Crippen molar-refractivity contribution in [3.05, 3.63) is 40.1 Å². The SMILES string of the molecule is CN(C)S(=O)(=O)n1cnc(S(=O)(=O)NCc2c(F)cc(Br)cc2F)n1. The third-order valence-electron chi connectivity index (χ3n) is 2.93. The first kappa shape index (κ1) is 19.8. The van der Waals surface area contributed by atoms with E-state index in [1.165, 1.54) is 14.1 Å². The van der Waals surface area contributed by atoms with Gasteiger partial charge in [-0.05, 0) is 12.1 Å². The number of halogens is 3. The summed E-state index contributed by atoms with van der Waals surface area (Å²) in [5.41, 5.74) is -0.507. The quantitative estimate of drug-likeness (QED) is 0.670. The number of hydrogen-bond acceptors (Lipinski definition) is 6. The third kappa shape index (κ3) is 4.20. The van der Waals surface area contributed by atoms with Crippen LogP contribution in [0.5, 0.6) is 0 Å². The second-order valence-corrected chi connectivity index (χ2v) is 9.44. The second kappa shape index (κ2) is 7.03. The van der Waals surface area contributed by atoms with Crippen LogP contribution < -0.4 is 4.72 Å². The van der Waals surface area contributed by atoms with E-state index in [9.17, 15) is 25.6 Å². The summed E-state index contributed by atoms with van der Waals surface area (Å²) in [6, 6.07) is 1.95. The van der Waals surface area contributed by atoms with Crippen molar-refractivity contribution in [3.63, 3.8) is 0 Å². The van der Waals surface area contributed by atoms with Crippen molar-refractivity contribution in [2.24, 2.45) is 0 Å². The molecule has 9 nitrogen and oxygen atoms in total. The first-order valence-electron chi connectivity index (χ1n) is 6.43. The van der Waals surface area contributed by atoms with Crippen LogP contribution in [0.25, 0.3) is 0 Å². The van der Waals surface area contributed by atoms with Crippen LogP contribution in [0.4, 0.5) is 8.78 Å². The number of sulfonamides is 1. The summed E-state index contributed by atoms with van der Waals surface area (Å²) in [4.78, 5) is 3.41. The molecular weight excluding hydrogens is 448 g/mol. The molecule has 0 aliphatic rings. The first-order chi connectivity index (χ1) is 11.4. The Hall–Kier alpha value is -1.48. The predicted molar refractivity (Wildman–Crippen MR) is 86.1 cm³/mol. The summed E-state index contributed by atoms with van der Waals surface area (Å²) in [6.07, 6.45) is 0.699. The van der Waals surface area contributed by atoms with E-state index in [0.717, 1.165) is 16.4 Å². The molecule has 2 aromatic rings. The number of rotatable bonds is 6. The van der Waals surface area contributed by atoms with Gasteiger partial charge < -0.3 is 0 Å². The Balaban J connectivity index is 2.26. The zero-order valence-electron chi connectivity index (χ0n) is 12.8. The minimum absolute atomic E-state index is 0.156. The molecule has 1 aromatic carbocycles. The summed E-state index contributed by atoms with van der Waals surface area (Å²) in [5.74, 6) is -1.91. The second-order valence-electron chi connectivity index (χ2n) is 4.86. The van der Waals surface area contributed by atoms with E-state index in [-0.39, 0.29) is 4.47 Å². The highest BCUT2D eigenvalue weighted by Crippen LogP contribution is 2.19. The maximum atomic E-state index is 13.7. The molecule has 0 atom stereocenters. The fourth-order valence-electron chi connectivity index (χ4n) is 1.61. The maximum Gasteiger partial charge on any atom is 0.323 e. The Morgan fingerprint density at radius 3 is 2.28 bits per heavy atom. The van der Waals surface area contributed by atoms with Gasteiger partial charge in [-0.25, -0.2) is 26.9 Å². The molecule has 1 heterocycles. The van der Waals surface area contributed by atoms with Gasteiger partial charge in [0.25, 0.3) is 15.2 Å². The van der Waals surface area contributed by atoms with Crippen molar-refractivity contribution < 1.29 is 25.6 Å². The van der Waals surface area contributed by atoms with Gasteiger partial charge in [0.05, 0.1) is 0 Å². The van der Waals surface area contributed by atoms with E-state index in [2.05, 4.69) is 26.0 Å². The van der Waals surface area contributed by atoms with Gasteiger partial charge >= 0.3 is 10.2 Å². The minimum Gasteiger partial charge on any atom is -0.206 e. The number of nitrogens with zero attached hydrogens (tertiary/aromatic N) is 4. The molecular formula is C11H12BrF2N5O4S2. The van der Waals surface area contributed by atoms with Crippen molar-refractivity contribution in [1.82, 2.24) is 23.2 Å². The molecule has 0 aliphatic carbocycles. The minimum atomic E-state index is -4.39. The highest BCUT2D eigenvalue weighted by atomic mass is 79.9. The van der Waals surface area contributed by atoms with Gasteiger partial charge in [-0.1, -0.05) is 15.9 Å². The Labute approximate surface area is 151 Å². The lowest BCUT2D eigenvalue weighted by molar-refractivity contribution is 0.502. The monoisotopic (exact) mass is 459 g/mol. The van der Waals surface area contributed by atoms with Crippen molar-refractivity contribution in [3.8, 4) is 0 Å². The van der Waals surface area contributed by atoms with Crippen LogP contribution in [0.1, 0.15) is 5.56 Å². The van der Waals surface area contributed by atoms with E-state index >= 15 is 0 Å². The molecule has 25 heavy (non-hydrogen) atoms. The molecule has 0 bridgehead atoms. The molecule has 0 aliphatic heterocycles. The average molecular weight is 460 g/mol. The molecule has 0 saturated carbocycles. The Bertz CT molecular complexity index is 984. The Morgan fingerprint density at radius 2 is 1.76 bits per heavy atom. The van der Waals surface area contributed by atoms with E-state index in [0.29, 0.717) is 10.4 Å². The summed E-state index contributed by atoms with van der Waals surface area (Å²) in [7, 11) is -5.98. The molecule has 1 aromatic heterocycles. The third-order valence-corrected chi connectivity index (χ3v) is 6.16. The molecule has 0 spiro atoms. The van der Waals surface area contributed by atoms with Crippen LogP contribution >= 0.6 is 15.9 Å². The topological polar surface area (TPSA) is 114 Å². The van der Waals surface area contributed by atoms with Crippen LogP contribution in [0.2, 0.25) is 0 Å². The first-order valence-corrected chi connectivity index (χ1v) is 10.1. The smallest absolute Gasteiger partial charge is 0.206 e. The fraction of sp³-hybridized carbons (Fsp3) is 0.273. The summed E-state index contributed by atoms with van der Waals surface area (Å²) in [6.45, 7) is -0.706.